The first-order chi connectivity index (χ1) is 18.6. The minimum Gasteiger partial charge on any atom is -0.383 e. The van der Waals surface area contributed by atoms with Gasteiger partial charge in [0.25, 0.3) is 0 Å². The predicted molar refractivity (Wildman–Crippen MR) is 156 cm³/mol. The van der Waals surface area contributed by atoms with Gasteiger partial charge in [0.1, 0.15) is 5.82 Å². The molecule has 0 spiro atoms. The summed E-state index contributed by atoms with van der Waals surface area (Å²) in [6.07, 6.45) is 2.80. The van der Waals surface area contributed by atoms with Crippen molar-refractivity contribution >= 4 is 27.0 Å². The molecule has 0 saturated heterocycles. The molecular weight excluding hydrogens is 528 g/mol. The Morgan fingerprint density at radius 1 is 1.10 bits per heavy atom. The largest absolute Gasteiger partial charge is 0.383 e. The molecule has 5 N–H and O–H groups in total. The molecule has 0 aliphatic carbocycles. The lowest BCUT2D eigenvalue weighted by molar-refractivity contribution is 0.0693. The van der Waals surface area contributed by atoms with Crippen LogP contribution in [0.3, 0.4) is 0 Å². The Bertz CT molecular complexity index is 1720. The number of nitrogens with one attached hydrogen (secondary N) is 1. The molecule has 0 bridgehead atoms. The number of carbonyl (C=O) groups is 1. The monoisotopic (exact) mass is 562 g/mol. The number of aliphatic hydroxyl groups is 2. The van der Waals surface area contributed by atoms with E-state index in [1.165, 1.54) is 32.4 Å². The second-order valence-corrected chi connectivity index (χ2v) is 12.5. The van der Waals surface area contributed by atoms with Gasteiger partial charge in [-0.3, -0.25) is 9.48 Å². The number of hydrogen-bond acceptors (Lipinski definition) is 9. The third-order valence-electron chi connectivity index (χ3n) is 6.56. The van der Waals surface area contributed by atoms with Crippen molar-refractivity contribution in [3.63, 3.8) is 0 Å². The summed E-state index contributed by atoms with van der Waals surface area (Å²) >= 11 is 0. The summed E-state index contributed by atoms with van der Waals surface area (Å²) < 4.78 is 19.5. The molecule has 10 nitrogen and oxygen atoms in total. The number of rotatable bonds is 8. The van der Waals surface area contributed by atoms with Crippen LogP contribution in [0.1, 0.15) is 48.1 Å². The highest BCUT2D eigenvalue weighted by Crippen LogP contribution is 2.34. The van der Waals surface area contributed by atoms with Gasteiger partial charge >= 0.3 is 0 Å². The Morgan fingerprint density at radius 3 is 2.45 bits per heavy atom. The van der Waals surface area contributed by atoms with Crippen LogP contribution in [0, 0.1) is 6.92 Å². The van der Waals surface area contributed by atoms with Crippen molar-refractivity contribution in [1.29, 1.82) is 0 Å². The Hall–Kier alpha value is -4.06. The number of carbonyl (C=O) groups excluding carboxylic acids is 1. The van der Waals surface area contributed by atoms with Crippen LogP contribution in [-0.2, 0) is 28.2 Å². The van der Waals surface area contributed by atoms with Crippen LogP contribution in [0.25, 0.3) is 11.1 Å². The molecule has 0 fully saturated rings. The van der Waals surface area contributed by atoms with Crippen molar-refractivity contribution < 1.29 is 19.2 Å². The van der Waals surface area contributed by atoms with Crippen LogP contribution in [0.15, 0.2) is 76.1 Å². The van der Waals surface area contributed by atoms with E-state index >= 15 is 0 Å². The molecule has 2 aromatic heterocycles. The first-order valence-electron chi connectivity index (χ1n) is 12.5. The molecule has 0 radical (unpaired) electrons. The summed E-state index contributed by atoms with van der Waals surface area (Å²) in [7, 11) is -1.33. The number of nitrogens with two attached hydrogens (primary N) is 1. The van der Waals surface area contributed by atoms with Crippen LogP contribution in [0.2, 0.25) is 0 Å². The first kappa shape index (κ1) is 28.9. The molecule has 0 aliphatic heterocycles. The van der Waals surface area contributed by atoms with E-state index in [4.69, 9.17) is 5.73 Å². The van der Waals surface area contributed by atoms with Gasteiger partial charge < -0.3 is 21.3 Å². The maximum atomic E-state index is 13.6. The molecule has 4 rings (SSSR count). The lowest BCUT2D eigenvalue weighted by Crippen LogP contribution is -2.33. The fourth-order valence-electron chi connectivity index (χ4n) is 4.54. The molecule has 0 aliphatic rings. The zero-order valence-electron chi connectivity index (χ0n) is 23.3. The molecule has 210 valence electrons. The summed E-state index contributed by atoms with van der Waals surface area (Å²) in [5.41, 5.74) is 6.80. The zero-order valence-corrected chi connectivity index (χ0v) is 24.2. The maximum absolute atomic E-state index is 13.6. The van der Waals surface area contributed by atoms with E-state index in [-0.39, 0.29) is 17.2 Å². The predicted octanol–water partition coefficient (Wildman–Crippen LogP) is 4.17. The molecule has 0 saturated carbocycles. The standard InChI is InChI=1S/C29H34N6O4S/c1-18-13-26(35(5)33-18)29(4,38)32-23-11-7-10-21(14-23)25-16-22(17-31-27(25)30)28(3,37)34-40(6,39)24-12-8-9-20(15-24)19(2)36/h7-17,32,37-38H,1-6H3,(H2,30,31). The molecular formula is C29H34N6O4S. The molecule has 3 atom stereocenters. The highest BCUT2D eigenvalue weighted by molar-refractivity contribution is 7.93. The van der Waals surface area contributed by atoms with Crippen LogP contribution in [0.5, 0.6) is 0 Å². The van der Waals surface area contributed by atoms with Gasteiger partial charge in [-0.1, -0.05) is 24.3 Å². The number of ketones is 1. The molecule has 0 amide bonds. The van der Waals surface area contributed by atoms with Gasteiger partial charge in [0.2, 0.25) is 0 Å². The summed E-state index contributed by atoms with van der Waals surface area (Å²) in [6, 6.07) is 17.1. The Balaban J connectivity index is 1.70. The van der Waals surface area contributed by atoms with Crippen molar-refractivity contribution in [2.24, 2.45) is 11.4 Å². The average molecular weight is 563 g/mol. The number of aromatic nitrogens is 3. The number of hydrogen-bond donors (Lipinski definition) is 4. The SMILES string of the molecule is CC(=O)c1cccc(S(C)(=O)=NC(C)(O)c2cnc(N)c(-c3cccc(NC(C)(O)c4cc(C)nn4C)c3)c2)c1. The van der Waals surface area contributed by atoms with E-state index in [0.717, 1.165) is 5.69 Å². The smallest absolute Gasteiger partial charge is 0.190 e. The second-order valence-electron chi connectivity index (χ2n) is 10.2. The Labute approximate surface area is 234 Å². The van der Waals surface area contributed by atoms with Crippen molar-refractivity contribution in [3.8, 4) is 11.1 Å². The molecule has 40 heavy (non-hydrogen) atoms. The van der Waals surface area contributed by atoms with Gasteiger partial charge in [-0.05, 0) is 69.7 Å². The summed E-state index contributed by atoms with van der Waals surface area (Å²) in [5, 5.41) is 29.9. The number of pyridine rings is 1. The second kappa shape index (κ2) is 10.5. The fourth-order valence-corrected chi connectivity index (χ4v) is 6.10. The van der Waals surface area contributed by atoms with E-state index in [2.05, 4.69) is 19.8 Å². The first-order valence-corrected chi connectivity index (χ1v) is 14.5. The number of benzene rings is 2. The lowest BCUT2D eigenvalue weighted by Gasteiger charge is -2.26. The molecule has 11 heteroatoms. The highest BCUT2D eigenvalue weighted by Gasteiger charge is 2.28. The van der Waals surface area contributed by atoms with E-state index in [1.54, 1.807) is 61.1 Å². The Kier molecular flexibility index (Phi) is 7.59. The average Bonchev–Trinajstić information content (AvgIpc) is 3.22. The zero-order chi connectivity index (χ0) is 29.5. The summed E-state index contributed by atoms with van der Waals surface area (Å²) in [4.78, 5) is 16.4. The minimum absolute atomic E-state index is 0.162. The van der Waals surface area contributed by atoms with Crippen molar-refractivity contribution in [2.45, 2.75) is 44.0 Å². The number of nitrogens with zero attached hydrogens (tertiary/aromatic N) is 4. The molecule has 2 heterocycles. The van der Waals surface area contributed by atoms with Crippen LogP contribution >= 0.6 is 0 Å². The quantitative estimate of drug-likeness (QED) is 0.184. The van der Waals surface area contributed by atoms with Gasteiger partial charge in [-0.25, -0.2) is 9.19 Å². The van der Waals surface area contributed by atoms with E-state index in [0.29, 0.717) is 33.0 Å². The Morgan fingerprint density at radius 2 is 1.80 bits per heavy atom. The third-order valence-corrected chi connectivity index (χ3v) is 8.39. The number of nitrogen functional groups attached to an aromatic ring is 1. The maximum Gasteiger partial charge on any atom is 0.190 e. The van der Waals surface area contributed by atoms with E-state index < -0.39 is 21.2 Å². The lowest BCUT2D eigenvalue weighted by atomic mass is 10.00. The van der Waals surface area contributed by atoms with Gasteiger partial charge in [0.15, 0.2) is 17.2 Å². The molecule has 4 aromatic rings. The van der Waals surface area contributed by atoms with E-state index in [1.807, 2.05) is 19.1 Å². The number of aryl methyl sites for hydroxylation is 2. The van der Waals surface area contributed by atoms with Gasteiger partial charge in [0.05, 0.1) is 21.1 Å². The van der Waals surface area contributed by atoms with E-state index in [9.17, 15) is 19.2 Å². The van der Waals surface area contributed by atoms with Gasteiger partial charge in [0, 0.05) is 46.8 Å². The van der Waals surface area contributed by atoms with Crippen LogP contribution < -0.4 is 11.1 Å². The van der Waals surface area contributed by atoms with Crippen molar-refractivity contribution in [2.75, 3.05) is 17.3 Å². The summed E-state index contributed by atoms with van der Waals surface area (Å²) in [6.45, 7) is 6.34. The highest BCUT2D eigenvalue weighted by atomic mass is 32.2. The van der Waals surface area contributed by atoms with Gasteiger partial charge in [-0.15, -0.1) is 0 Å². The van der Waals surface area contributed by atoms with Gasteiger partial charge in [-0.2, -0.15) is 9.46 Å². The number of Topliss-reactive ketones (excluding diaryl/α,β-unsaturated/α-hetero) is 1. The number of anilines is 2. The fraction of sp³-hybridized carbons (Fsp3) is 0.276. The molecule has 2 aromatic carbocycles. The third kappa shape index (κ3) is 6.06. The van der Waals surface area contributed by atoms with Crippen LogP contribution in [-0.4, -0.2) is 41.2 Å². The van der Waals surface area contributed by atoms with Crippen molar-refractivity contribution in [3.05, 3.63) is 89.4 Å². The van der Waals surface area contributed by atoms with Crippen molar-refractivity contribution in [1.82, 2.24) is 14.8 Å². The van der Waals surface area contributed by atoms with Crippen LogP contribution in [0.4, 0.5) is 11.5 Å². The summed E-state index contributed by atoms with van der Waals surface area (Å²) in [5.74, 6) is 0.0574. The minimum atomic E-state index is -3.10. The topological polar surface area (TPSA) is 156 Å². The molecule has 3 unspecified atom stereocenters. The normalized spacial score (nSPS) is 15.9.